The molecule has 2 aromatic carbocycles. The van der Waals surface area contributed by atoms with Gasteiger partial charge in [-0.2, -0.15) is 5.10 Å². The van der Waals surface area contributed by atoms with Gasteiger partial charge in [0.1, 0.15) is 0 Å². The van der Waals surface area contributed by atoms with Gasteiger partial charge in [0.05, 0.1) is 37.0 Å². The fraction of sp³-hybridized carbons (Fsp3) is 0.130. The van der Waals surface area contributed by atoms with E-state index in [1.807, 2.05) is 30.3 Å². The number of benzene rings is 2. The molecule has 0 aliphatic heterocycles. The number of carboxylic acids is 1. The summed E-state index contributed by atoms with van der Waals surface area (Å²) in [4.78, 5) is 11.2. The molecule has 1 heterocycles. The molecule has 3 aromatic rings. The molecule has 1 N–H and O–H groups in total. The van der Waals surface area contributed by atoms with Gasteiger partial charge in [-0.3, -0.25) is 4.68 Å². The van der Waals surface area contributed by atoms with Crippen molar-refractivity contribution in [1.29, 1.82) is 0 Å². The van der Waals surface area contributed by atoms with E-state index in [0.29, 0.717) is 29.8 Å². The van der Waals surface area contributed by atoms with Crippen LogP contribution < -0.4 is 0 Å². The van der Waals surface area contributed by atoms with E-state index < -0.39 is 5.97 Å². The number of hydrogen-bond donors (Lipinski definition) is 1. The quantitative estimate of drug-likeness (QED) is 0.422. The summed E-state index contributed by atoms with van der Waals surface area (Å²) in [6.45, 7) is 4.88. The molecule has 0 spiro atoms. The molecule has 0 amide bonds. The minimum atomic E-state index is -0.970. The lowest BCUT2D eigenvalue weighted by atomic mass is 10.1. The number of rotatable bonds is 9. The zero-order valence-corrected chi connectivity index (χ0v) is 17.6. The fourth-order valence-corrected chi connectivity index (χ4v) is 3.28. The highest BCUT2D eigenvalue weighted by Gasteiger charge is 2.10. The molecule has 3 rings (SSSR count). The van der Waals surface area contributed by atoms with Crippen molar-refractivity contribution < 1.29 is 14.6 Å². The van der Waals surface area contributed by atoms with Crippen LogP contribution in [0.5, 0.6) is 0 Å². The van der Waals surface area contributed by atoms with E-state index in [1.165, 1.54) is 0 Å². The Kier molecular flexibility index (Phi) is 7.46. The topological polar surface area (TPSA) is 64.4 Å². The van der Waals surface area contributed by atoms with E-state index in [4.69, 9.17) is 33.0 Å². The summed E-state index contributed by atoms with van der Waals surface area (Å²) in [7, 11) is 0. The second-order valence-electron chi connectivity index (χ2n) is 6.59. The van der Waals surface area contributed by atoms with Crippen molar-refractivity contribution in [2.75, 3.05) is 6.61 Å². The summed E-state index contributed by atoms with van der Waals surface area (Å²) in [5.41, 5.74) is 2.96. The first-order chi connectivity index (χ1) is 14.5. The van der Waals surface area contributed by atoms with Gasteiger partial charge in [-0.1, -0.05) is 48.0 Å². The Morgan fingerprint density at radius 2 is 2.00 bits per heavy atom. The predicted octanol–water partition coefficient (Wildman–Crippen LogP) is 5.84. The van der Waals surface area contributed by atoms with E-state index in [1.54, 1.807) is 41.2 Å². The van der Waals surface area contributed by atoms with Crippen molar-refractivity contribution in [2.45, 2.75) is 13.2 Å². The number of aromatic carboxylic acids is 1. The second-order valence-corrected chi connectivity index (χ2v) is 7.46. The molecule has 1 aromatic heterocycles. The van der Waals surface area contributed by atoms with Crippen molar-refractivity contribution in [2.24, 2.45) is 0 Å². The first-order valence-corrected chi connectivity index (χ1v) is 9.90. The van der Waals surface area contributed by atoms with Crippen LogP contribution in [-0.4, -0.2) is 27.5 Å². The Bertz CT molecular complexity index is 1120. The molecule has 5 nitrogen and oxygen atoms in total. The van der Waals surface area contributed by atoms with Crippen LogP contribution in [0.1, 0.15) is 15.9 Å². The second kappa shape index (κ2) is 10.3. The minimum Gasteiger partial charge on any atom is -0.478 e. The monoisotopic (exact) mass is 442 g/mol. The van der Waals surface area contributed by atoms with Gasteiger partial charge in [0, 0.05) is 15.4 Å². The van der Waals surface area contributed by atoms with Crippen molar-refractivity contribution in [3.05, 3.63) is 100 Å². The first kappa shape index (κ1) is 21.8. The van der Waals surface area contributed by atoms with Gasteiger partial charge >= 0.3 is 5.97 Å². The highest BCUT2D eigenvalue weighted by molar-refractivity contribution is 6.31. The minimum absolute atomic E-state index is 0.223. The van der Waals surface area contributed by atoms with Crippen molar-refractivity contribution in [3.8, 4) is 0 Å². The van der Waals surface area contributed by atoms with E-state index in [0.717, 1.165) is 22.0 Å². The third-order valence-electron chi connectivity index (χ3n) is 4.33. The van der Waals surface area contributed by atoms with Gasteiger partial charge in [0.2, 0.25) is 0 Å². The lowest BCUT2D eigenvalue weighted by Crippen LogP contribution is -2.08. The van der Waals surface area contributed by atoms with E-state index >= 15 is 0 Å². The lowest BCUT2D eigenvalue weighted by Gasteiger charge is -2.11. The van der Waals surface area contributed by atoms with Crippen molar-refractivity contribution in [1.82, 2.24) is 9.78 Å². The molecule has 0 unspecified atom stereocenters. The third kappa shape index (κ3) is 5.83. The van der Waals surface area contributed by atoms with Crippen LogP contribution in [0.3, 0.4) is 0 Å². The largest absolute Gasteiger partial charge is 0.478 e. The third-order valence-corrected chi connectivity index (χ3v) is 4.82. The molecule has 0 aliphatic rings. The number of carbonyl (C=O) groups is 1. The van der Waals surface area contributed by atoms with Gasteiger partial charge in [-0.05, 0) is 53.6 Å². The molecule has 0 aliphatic carbocycles. The van der Waals surface area contributed by atoms with Gasteiger partial charge in [0.25, 0.3) is 0 Å². The summed E-state index contributed by atoms with van der Waals surface area (Å²) in [5, 5.41) is 15.5. The summed E-state index contributed by atoms with van der Waals surface area (Å²) >= 11 is 12.2. The van der Waals surface area contributed by atoms with Gasteiger partial charge in [-0.15, -0.1) is 0 Å². The normalized spacial score (nSPS) is 12.3. The van der Waals surface area contributed by atoms with Crippen LogP contribution in [0.15, 0.2) is 84.1 Å². The maximum atomic E-state index is 11.2. The molecule has 154 valence electrons. The van der Waals surface area contributed by atoms with Crippen LogP contribution in [0.25, 0.3) is 10.9 Å². The lowest BCUT2D eigenvalue weighted by molar-refractivity contribution is 0.0697. The van der Waals surface area contributed by atoms with Crippen LogP contribution in [0.4, 0.5) is 0 Å². The van der Waals surface area contributed by atoms with Crippen molar-refractivity contribution in [3.63, 3.8) is 0 Å². The molecule has 0 bridgehead atoms. The highest BCUT2D eigenvalue weighted by atomic mass is 35.5. The van der Waals surface area contributed by atoms with Gasteiger partial charge in [-0.25, -0.2) is 4.79 Å². The number of halogens is 2. The Morgan fingerprint density at radius 1 is 1.23 bits per heavy atom. The standard InChI is InChI=1S/C23H20Cl2N2O3/c1-2-3-21(25)10-17(15-30-14-16-4-7-20(24)8-5-16)13-27-22-9-6-18(23(28)29)11-19(22)12-26-27/h2-12H,1,13-15H2,(H,28,29)/b17-10-,21-3+. The maximum Gasteiger partial charge on any atom is 0.335 e. The number of ether oxygens (including phenoxy) is 1. The Hall–Kier alpha value is -2.86. The molecular formula is C23H20Cl2N2O3. The Labute approximate surface area is 184 Å². The van der Waals surface area contributed by atoms with Crippen LogP contribution in [0, 0.1) is 0 Å². The summed E-state index contributed by atoms with van der Waals surface area (Å²) in [6, 6.07) is 12.4. The number of hydrogen-bond acceptors (Lipinski definition) is 3. The molecular weight excluding hydrogens is 423 g/mol. The maximum absolute atomic E-state index is 11.2. The SMILES string of the molecule is C=C/C=C(Cl)\C=C(/COCc1ccc(Cl)cc1)Cn1ncc2cc(C(=O)O)ccc21. The average Bonchev–Trinajstić information content (AvgIpc) is 3.11. The number of carboxylic acid groups (broad SMARTS) is 1. The molecule has 0 fully saturated rings. The van der Waals surface area contributed by atoms with Crippen LogP contribution in [0.2, 0.25) is 5.02 Å². The van der Waals surface area contributed by atoms with E-state index in [2.05, 4.69) is 11.7 Å². The summed E-state index contributed by atoms with van der Waals surface area (Å²) in [5.74, 6) is -0.970. The molecule has 7 heteroatoms. The zero-order chi connectivity index (χ0) is 21.5. The first-order valence-electron chi connectivity index (χ1n) is 9.15. The fourth-order valence-electron chi connectivity index (χ4n) is 2.91. The summed E-state index contributed by atoms with van der Waals surface area (Å²) in [6.07, 6.45) is 6.78. The number of allylic oxidation sites excluding steroid dienone is 4. The number of fused-ring (bicyclic) bond motifs is 1. The van der Waals surface area contributed by atoms with Crippen LogP contribution >= 0.6 is 23.2 Å². The smallest absolute Gasteiger partial charge is 0.335 e. The number of aromatic nitrogens is 2. The van der Waals surface area contributed by atoms with Gasteiger partial charge < -0.3 is 9.84 Å². The predicted molar refractivity (Wildman–Crippen MR) is 120 cm³/mol. The zero-order valence-electron chi connectivity index (χ0n) is 16.1. The Morgan fingerprint density at radius 3 is 2.70 bits per heavy atom. The highest BCUT2D eigenvalue weighted by Crippen LogP contribution is 2.19. The van der Waals surface area contributed by atoms with Crippen LogP contribution in [-0.2, 0) is 17.9 Å². The molecule has 30 heavy (non-hydrogen) atoms. The van der Waals surface area contributed by atoms with E-state index in [9.17, 15) is 4.79 Å². The molecule has 0 atom stereocenters. The average molecular weight is 443 g/mol. The molecule has 0 saturated heterocycles. The summed E-state index contributed by atoms with van der Waals surface area (Å²) < 4.78 is 7.66. The number of nitrogens with zero attached hydrogens (tertiary/aromatic N) is 2. The van der Waals surface area contributed by atoms with Gasteiger partial charge in [0.15, 0.2) is 0 Å². The van der Waals surface area contributed by atoms with Crippen molar-refractivity contribution >= 4 is 40.1 Å². The molecule has 0 radical (unpaired) electrons. The molecule has 0 saturated carbocycles. The Balaban J connectivity index is 1.77. The van der Waals surface area contributed by atoms with E-state index in [-0.39, 0.29) is 5.56 Å².